The SMILES string of the molecule is CCNc1ccccc1C(=O)N1CCOCC1C(=O)OC. The molecule has 0 aliphatic carbocycles. The molecule has 1 heterocycles. The number of benzene rings is 1. The van der Waals surface area contributed by atoms with E-state index in [0.717, 1.165) is 5.69 Å². The van der Waals surface area contributed by atoms with Gasteiger partial charge in [0.25, 0.3) is 5.91 Å². The molecule has 1 atom stereocenters. The molecule has 1 saturated heterocycles. The summed E-state index contributed by atoms with van der Waals surface area (Å²) in [5.41, 5.74) is 1.32. The zero-order chi connectivity index (χ0) is 15.2. The number of hydrogen-bond acceptors (Lipinski definition) is 5. The van der Waals surface area contributed by atoms with Crippen molar-refractivity contribution in [2.45, 2.75) is 13.0 Å². The third-order valence-electron chi connectivity index (χ3n) is 3.39. The van der Waals surface area contributed by atoms with E-state index in [1.165, 1.54) is 12.0 Å². The van der Waals surface area contributed by atoms with E-state index in [2.05, 4.69) is 5.32 Å². The van der Waals surface area contributed by atoms with Gasteiger partial charge in [-0.2, -0.15) is 0 Å². The number of anilines is 1. The van der Waals surface area contributed by atoms with Crippen molar-refractivity contribution in [3.63, 3.8) is 0 Å². The van der Waals surface area contributed by atoms with Crippen LogP contribution in [0, 0.1) is 0 Å². The molecule has 1 aromatic rings. The lowest BCUT2D eigenvalue weighted by Gasteiger charge is -2.34. The second-order valence-corrected chi connectivity index (χ2v) is 4.69. The molecule has 0 saturated carbocycles. The number of nitrogens with one attached hydrogen (secondary N) is 1. The standard InChI is InChI=1S/C15H20N2O4/c1-3-16-12-7-5-4-6-11(12)14(18)17-8-9-21-10-13(17)15(19)20-2/h4-7,13,16H,3,8-10H2,1-2H3. The fraction of sp³-hybridized carbons (Fsp3) is 0.467. The summed E-state index contributed by atoms with van der Waals surface area (Å²) in [5.74, 6) is -0.644. The predicted molar refractivity (Wildman–Crippen MR) is 78.3 cm³/mol. The van der Waals surface area contributed by atoms with Gasteiger partial charge in [0, 0.05) is 18.8 Å². The highest BCUT2D eigenvalue weighted by molar-refractivity contribution is 6.01. The van der Waals surface area contributed by atoms with Gasteiger partial charge >= 0.3 is 5.97 Å². The van der Waals surface area contributed by atoms with E-state index in [0.29, 0.717) is 25.3 Å². The Hall–Kier alpha value is -2.08. The Morgan fingerprint density at radius 2 is 2.19 bits per heavy atom. The molecule has 1 aliphatic heterocycles. The molecule has 114 valence electrons. The molecule has 1 fully saturated rings. The molecule has 1 amide bonds. The zero-order valence-electron chi connectivity index (χ0n) is 12.3. The summed E-state index contributed by atoms with van der Waals surface area (Å²) in [6.07, 6.45) is 0. The van der Waals surface area contributed by atoms with Crippen molar-refractivity contribution in [3.05, 3.63) is 29.8 Å². The maximum atomic E-state index is 12.7. The predicted octanol–water partition coefficient (Wildman–Crippen LogP) is 1.13. The fourth-order valence-corrected chi connectivity index (χ4v) is 2.35. The van der Waals surface area contributed by atoms with Crippen molar-refractivity contribution in [3.8, 4) is 0 Å². The first-order valence-corrected chi connectivity index (χ1v) is 6.98. The van der Waals surface area contributed by atoms with Crippen LogP contribution in [0.2, 0.25) is 0 Å². The molecule has 2 rings (SSSR count). The van der Waals surface area contributed by atoms with Gasteiger partial charge in [-0.3, -0.25) is 4.79 Å². The average molecular weight is 292 g/mol. The second kappa shape index (κ2) is 7.08. The quantitative estimate of drug-likeness (QED) is 0.843. The van der Waals surface area contributed by atoms with Gasteiger partial charge in [-0.15, -0.1) is 0 Å². The van der Waals surface area contributed by atoms with Crippen LogP contribution >= 0.6 is 0 Å². The summed E-state index contributed by atoms with van der Waals surface area (Å²) < 4.78 is 10.0. The number of nitrogens with zero attached hydrogens (tertiary/aromatic N) is 1. The van der Waals surface area contributed by atoms with Crippen LogP contribution in [0.3, 0.4) is 0 Å². The van der Waals surface area contributed by atoms with Gasteiger partial charge < -0.3 is 19.7 Å². The molecule has 1 N–H and O–H groups in total. The van der Waals surface area contributed by atoms with E-state index < -0.39 is 12.0 Å². The first kappa shape index (κ1) is 15.3. The maximum Gasteiger partial charge on any atom is 0.331 e. The lowest BCUT2D eigenvalue weighted by Crippen LogP contribution is -2.53. The summed E-state index contributed by atoms with van der Waals surface area (Å²) >= 11 is 0. The summed E-state index contributed by atoms with van der Waals surface area (Å²) in [6.45, 7) is 3.64. The number of rotatable bonds is 4. The maximum absolute atomic E-state index is 12.7. The van der Waals surface area contributed by atoms with E-state index >= 15 is 0 Å². The van der Waals surface area contributed by atoms with Crippen molar-refractivity contribution in [1.29, 1.82) is 0 Å². The van der Waals surface area contributed by atoms with Crippen LogP contribution in [0.1, 0.15) is 17.3 Å². The first-order valence-electron chi connectivity index (χ1n) is 6.98. The van der Waals surface area contributed by atoms with Crippen LogP contribution in [0.15, 0.2) is 24.3 Å². The molecular formula is C15H20N2O4. The molecule has 21 heavy (non-hydrogen) atoms. The van der Waals surface area contributed by atoms with Crippen LogP contribution in [0.25, 0.3) is 0 Å². The average Bonchev–Trinajstić information content (AvgIpc) is 2.54. The van der Waals surface area contributed by atoms with Crippen LogP contribution in [0.4, 0.5) is 5.69 Å². The smallest absolute Gasteiger partial charge is 0.331 e. The van der Waals surface area contributed by atoms with Gasteiger partial charge in [-0.1, -0.05) is 12.1 Å². The molecule has 0 bridgehead atoms. The third-order valence-corrected chi connectivity index (χ3v) is 3.39. The number of hydrogen-bond donors (Lipinski definition) is 1. The van der Waals surface area contributed by atoms with E-state index in [9.17, 15) is 9.59 Å². The Morgan fingerprint density at radius 3 is 2.90 bits per heavy atom. The molecule has 6 nitrogen and oxygen atoms in total. The summed E-state index contributed by atoms with van der Waals surface area (Å²) in [4.78, 5) is 26.1. The highest BCUT2D eigenvalue weighted by atomic mass is 16.5. The molecule has 0 radical (unpaired) electrons. The Balaban J connectivity index is 2.27. The Bertz CT molecular complexity index is 518. The van der Waals surface area contributed by atoms with Crippen molar-refractivity contribution in [2.24, 2.45) is 0 Å². The van der Waals surface area contributed by atoms with Crippen molar-refractivity contribution < 1.29 is 19.1 Å². The van der Waals surface area contributed by atoms with Gasteiger partial charge in [0.2, 0.25) is 0 Å². The number of ether oxygens (including phenoxy) is 2. The van der Waals surface area contributed by atoms with Crippen LogP contribution in [-0.2, 0) is 14.3 Å². The minimum absolute atomic E-state index is 0.168. The number of amides is 1. The number of carbonyl (C=O) groups excluding carboxylic acids is 2. The fourth-order valence-electron chi connectivity index (χ4n) is 2.35. The van der Waals surface area contributed by atoms with Crippen molar-refractivity contribution >= 4 is 17.6 Å². The van der Waals surface area contributed by atoms with E-state index in [4.69, 9.17) is 9.47 Å². The van der Waals surface area contributed by atoms with Gasteiger partial charge in [0.1, 0.15) is 0 Å². The molecule has 6 heteroatoms. The van der Waals surface area contributed by atoms with Gasteiger partial charge in [-0.25, -0.2) is 4.79 Å². The minimum Gasteiger partial charge on any atom is -0.467 e. The van der Waals surface area contributed by atoms with E-state index in [-0.39, 0.29) is 12.5 Å². The first-order chi connectivity index (χ1) is 10.2. The molecule has 1 unspecified atom stereocenters. The largest absolute Gasteiger partial charge is 0.467 e. The molecule has 1 aromatic carbocycles. The van der Waals surface area contributed by atoms with Crippen molar-refractivity contribution in [1.82, 2.24) is 4.90 Å². The number of morpholine rings is 1. The lowest BCUT2D eigenvalue weighted by molar-refractivity contribution is -0.151. The van der Waals surface area contributed by atoms with E-state index in [1.54, 1.807) is 6.07 Å². The summed E-state index contributed by atoms with van der Waals surface area (Å²) in [5, 5.41) is 3.16. The number of methoxy groups -OCH3 is 1. The van der Waals surface area contributed by atoms with Crippen LogP contribution < -0.4 is 5.32 Å². The number of esters is 1. The Kier molecular flexibility index (Phi) is 5.16. The lowest BCUT2D eigenvalue weighted by atomic mass is 10.1. The van der Waals surface area contributed by atoms with Crippen LogP contribution in [0.5, 0.6) is 0 Å². The minimum atomic E-state index is -0.689. The molecule has 0 spiro atoms. The zero-order valence-corrected chi connectivity index (χ0v) is 12.3. The van der Waals surface area contributed by atoms with Crippen LogP contribution in [-0.4, -0.2) is 56.2 Å². The number of para-hydroxylation sites is 1. The Labute approximate surface area is 124 Å². The monoisotopic (exact) mass is 292 g/mol. The molecule has 0 aromatic heterocycles. The normalized spacial score (nSPS) is 18.2. The number of carbonyl (C=O) groups is 2. The third kappa shape index (κ3) is 3.33. The van der Waals surface area contributed by atoms with Crippen molar-refractivity contribution in [2.75, 3.05) is 38.7 Å². The molecule has 1 aliphatic rings. The topological polar surface area (TPSA) is 67.9 Å². The van der Waals surface area contributed by atoms with Gasteiger partial charge in [-0.05, 0) is 19.1 Å². The Morgan fingerprint density at radius 1 is 1.43 bits per heavy atom. The summed E-state index contributed by atoms with van der Waals surface area (Å²) in [6, 6.07) is 6.59. The van der Waals surface area contributed by atoms with Gasteiger partial charge in [0.05, 0.1) is 25.9 Å². The van der Waals surface area contributed by atoms with E-state index in [1.807, 2.05) is 25.1 Å². The highest BCUT2D eigenvalue weighted by Crippen LogP contribution is 2.20. The molecular weight excluding hydrogens is 272 g/mol. The second-order valence-electron chi connectivity index (χ2n) is 4.69. The van der Waals surface area contributed by atoms with Gasteiger partial charge in [0.15, 0.2) is 6.04 Å². The highest BCUT2D eigenvalue weighted by Gasteiger charge is 2.34. The summed E-state index contributed by atoms with van der Waals surface area (Å²) in [7, 11) is 1.31.